The third-order valence-corrected chi connectivity index (χ3v) is 6.14. The number of aromatic nitrogens is 3. The van der Waals surface area contributed by atoms with Gasteiger partial charge < -0.3 is 20.3 Å². The highest BCUT2D eigenvalue weighted by atomic mass is 32.1. The Balaban J connectivity index is 1.17. The van der Waals surface area contributed by atoms with Crippen LogP contribution in [-0.2, 0) is 0 Å². The molecule has 0 radical (unpaired) electrons. The summed E-state index contributed by atoms with van der Waals surface area (Å²) in [6.45, 7) is 2.12. The van der Waals surface area contributed by atoms with Crippen LogP contribution in [-0.4, -0.2) is 34.1 Å². The number of halogens is 2. The Hall–Kier alpha value is -4.12. The SMILES string of the molecule is O=C(Nc1cnc(Oc2ccc(-c3cnc(N4CCC4)s3)cc2)nc1)Nc1ccc(F)cc1F. The molecule has 0 bridgehead atoms. The van der Waals surface area contributed by atoms with Gasteiger partial charge in [-0.15, -0.1) is 0 Å². The van der Waals surface area contributed by atoms with Gasteiger partial charge >= 0.3 is 12.0 Å². The Labute approximate surface area is 197 Å². The van der Waals surface area contributed by atoms with Gasteiger partial charge in [0.05, 0.1) is 28.6 Å². The molecule has 5 rings (SSSR count). The van der Waals surface area contributed by atoms with Crippen molar-refractivity contribution in [3.63, 3.8) is 0 Å². The number of benzene rings is 2. The van der Waals surface area contributed by atoms with Crippen LogP contribution >= 0.6 is 11.3 Å². The number of rotatable bonds is 6. The van der Waals surface area contributed by atoms with Crippen molar-refractivity contribution in [1.29, 1.82) is 0 Å². The van der Waals surface area contributed by atoms with Crippen molar-refractivity contribution in [2.24, 2.45) is 0 Å². The van der Waals surface area contributed by atoms with E-state index in [2.05, 4.69) is 30.5 Å². The summed E-state index contributed by atoms with van der Waals surface area (Å²) in [6, 6.07) is 9.75. The van der Waals surface area contributed by atoms with E-state index < -0.39 is 17.7 Å². The topological polar surface area (TPSA) is 92.3 Å². The van der Waals surface area contributed by atoms with Crippen LogP contribution in [0.1, 0.15) is 6.42 Å². The van der Waals surface area contributed by atoms with Crippen LogP contribution in [0.4, 0.5) is 30.1 Å². The van der Waals surface area contributed by atoms with Crippen LogP contribution in [0.25, 0.3) is 10.4 Å². The minimum Gasteiger partial charge on any atom is -0.424 e. The maximum Gasteiger partial charge on any atom is 0.323 e. The molecule has 1 fully saturated rings. The normalized spacial score (nSPS) is 12.7. The maximum atomic E-state index is 13.7. The van der Waals surface area contributed by atoms with Gasteiger partial charge in [0.1, 0.15) is 17.4 Å². The van der Waals surface area contributed by atoms with Crippen molar-refractivity contribution < 1.29 is 18.3 Å². The predicted molar refractivity (Wildman–Crippen MR) is 125 cm³/mol. The quantitative estimate of drug-likeness (QED) is 0.377. The molecule has 2 amide bonds. The first-order valence-corrected chi connectivity index (χ1v) is 11.2. The number of nitrogens with zero attached hydrogens (tertiary/aromatic N) is 4. The summed E-state index contributed by atoms with van der Waals surface area (Å²) < 4.78 is 32.3. The van der Waals surface area contributed by atoms with E-state index in [0.29, 0.717) is 11.8 Å². The minimum absolute atomic E-state index is 0.0983. The molecule has 2 N–H and O–H groups in total. The third-order valence-electron chi connectivity index (χ3n) is 5.03. The fourth-order valence-electron chi connectivity index (χ4n) is 3.15. The predicted octanol–water partition coefficient (Wildman–Crippen LogP) is 5.52. The molecular weight excluding hydrogens is 462 g/mol. The molecule has 3 heterocycles. The molecule has 0 spiro atoms. The molecule has 11 heteroatoms. The first-order valence-electron chi connectivity index (χ1n) is 10.4. The van der Waals surface area contributed by atoms with E-state index in [0.717, 1.165) is 40.8 Å². The molecule has 1 saturated heterocycles. The lowest BCUT2D eigenvalue weighted by Gasteiger charge is -2.30. The molecule has 2 aromatic carbocycles. The van der Waals surface area contributed by atoms with Crippen molar-refractivity contribution in [3.8, 4) is 22.2 Å². The van der Waals surface area contributed by atoms with Crippen LogP contribution < -0.4 is 20.3 Å². The summed E-state index contributed by atoms with van der Waals surface area (Å²) in [5.74, 6) is -1.06. The van der Waals surface area contributed by atoms with Crippen LogP contribution in [0.5, 0.6) is 11.8 Å². The summed E-state index contributed by atoms with van der Waals surface area (Å²) in [4.78, 5) is 28.0. The molecule has 2 aromatic heterocycles. The lowest BCUT2D eigenvalue weighted by atomic mass is 10.2. The number of urea groups is 1. The number of thiazole rings is 1. The Kier molecular flexibility index (Phi) is 6.00. The lowest BCUT2D eigenvalue weighted by molar-refractivity contribution is 0.262. The van der Waals surface area contributed by atoms with Crippen molar-refractivity contribution in [2.45, 2.75) is 6.42 Å². The molecule has 1 aliphatic rings. The zero-order valence-electron chi connectivity index (χ0n) is 17.7. The number of anilines is 3. The first kappa shape index (κ1) is 21.7. The Bertz CT molecular complexity index is 1310. The van der Waals surface area contributed by atoms with E-state index in [9.17, 15) is 13.6 Å². The molecule has 4 aromatic rings. The number of hydrogen-bond donors (Lipinski definition) is 2. The lowest BCUT2D eigenvalue weighted by Crippen LogP contribution is -2.36. The zero-order chi connectivity index (χ0) is 23.5. The number of carbonyl (C=O) groups excluding carboxylic acids is 1. The number of ether oxygens (including phenoxy) is 1. The molecule has 0 saturated carbocycles. The van der Waals surface area contributed by atoms with Gasteiger partial charge in [-0.25, -0.2) is 28.5 Å². The monoisotopic (exact) mass is 480 g/mol. The van der Waals surface area contributed by atoms with Crippen LogP contribution in [0.15, 0.2) is 61.1 Å². The molecule has 0 unspecified atom stereocenters. The van der Waals surface area contributed by atoms with E-state index >= 15 is 0 Å². The summed E-state index contributed by atoms with van der Waals surface area (Å²) >= 11 is 1.66. The molecule has 0 atom stereocenters. The van der Waals surface area contributed by atoms with Crippen molar-refractivity contribution in [1.82, 2.24) is 15.0 Å². The van der Waals surface area contributed by atoms with Crippen LogP contribution in [0.2, 0.25) is 0 Å². The highest BCUT2D eigenvalue weighted by molar-refractivity contribution is 7.18. The van der Waals surface area contributed by atoms with Gasteiger partial charge in [0.25, 0.3) is 0 Å². The second-order valence-electron chi connectivity index (χ2n) is 7.43. The summed E-state index contributed by atoms with van der Waals surface area (Å²) in [7, 11) is 0. The zero-order valence-corrected chi connectivity index (χ0v) is 18.5. The van der Waals surface area contributed by atoms with Crippen molar-refractivity contribution in [2.75, 3.05) is 28.6 Å². The van der Waals surface area contributed by atoms with Gasteiger partial charge in [-0.05, 0) is 48.4 Å². The fourth-order valence-corrected chi connectivity index (χ4v) is 4.13. The van der Waals surface area contributed by atoms with Gasteiger partial charge in [0.15, 0.2) is 5.13 Å². The van der Waals surface area contributed by atoms with Crippen LogP contribution in [0.3, 0.4) is 0 Å². The first-order chi connectivity index (χ1) is 16.5. The fraction of sp³-hybridized carbons (Fsp3) is 0.130. The van der Waals surface area contributed by atoms with E-state index in [1.54, 1.807) is 11.3 Å². The molecule has 0 aliphatic carbocycles. The smallest absolute Gasteiger partial charge is 0.323 e. The van der Waals surface area contributed by atoms with Crippen molar-refractivity contribution >= 4 is 33.9 Å². The van der Waals surface area contributed by atoms with Gasteiger partial charge in [0, 0.05) is 25.4 Å². The summed E-state index contributed by atoms with van der Waals surface area (Å²) in [6.07, 6.45) is 5.80. The summed E-state index contributed by atoms with van der Waals surface area (Å²) in [5.41, 5.74) is 1.16. The molecule has 1 aliphatic heterocycles. The highest BCUT2D eigenvalue weighted by Gasteiger charge is 2.18. The van der Waals surface area contributed by atoms with Crippen molar-refractivity contribution in [3.05, 3.63) is 72.7 Å². The maximum absolute atomic E-state index is 13.7. The highest BCUT2D eigenvalue weighted by Crippen LogP contribution is 2.34. The summed E-state index contributed by atoms with van der Waals surface area (Å²) in [5, 5.41) is 5.80. The van der Waals surface area contributed by atoms with E-state index in [1.807, 2.05) is 30.5 Å². The molecule has 34 heavy (non-hydrogen) atoms. The van der Waals surface area contributed by atoms with Gasteiger partial charge in [-0.1, -0.05) is 11.3 Å². The Morgan fingerprint density at radius 2 is 1.74 bits per heavy atom. The van der Waals surface area contributed by atoms with E-state index in [-0.39, 0.29) is 17.4 Å². The van der Waals surface area contributed by atoms with Gasteiger partial charge in [-0.2, -0.15) is 0 Å². The van der Waals surface area contributed by atoms with Gasteiger partial charge in [0.2, 0.25) is 0 Å². The average Bonchev–Trinajstić information content (AvgIpc) is 3.26. The largest absolute Gasteiger partial charge is 0.424 e. The molecular formula is C23H18F2N6O2S. The number of carbonyl (C=O) groups is 1. The van der Waals surface area contributed by atoms with Crippen LogP contribution in [0, 0.1) is 11.6 Å². The average molecular weight is 481 g/mol. The third kappa shape index (κ3) is 4.94. The Morgan fingerprint density at radius 1 is 0.971 bits per heavy atom. The van der Waals surface area contributed by atoms with Gasteiger partial charge in [-0.3, -0.25) is 0 Å². The standard InChI is InChI=1S/C23H18F2N6O2S/c24-15-4-7-19(18(25)10-15)30-21(32)29-16-11-26-22(27-12-16)33-17-5-2-14(3-6-17)20-13-28-23(34-20)31-8-1-9-31/h2-7,10-13H,1,8-9H2,(H2,29,30,32). The number of nitrogens with one attached hydrogen (secondary N) is 2. The second-order valence-corrected chi connectivity index (χ2v) is 8.44. The van der Waals surface area contributed by atoms with E-state index in [4.69, 9.17) is 4.74 Å². The van der Waals surface area contributed by atoms with E-state index in [1.165, 1.54) is 18.8 Å². The number of hydrogen-bond acceptors (Lipinski definition) is 7. The Morgan fingerprint density at radius 3 is 2.41 bits per heavy atom. The second kappa shape index (κ2) is 9.40. The number of amides is 2. The molecule has 172 valence electrons. The minimum atomic E-state index is -0.881. The molecule has 8 nitrogen and oxygen atoms in total.